The Morgan fingerprint density at radius 2 is 1.84 bits per heavy atom. The van der Waals surface area contributed by atoms with Crippen LogP contribution in [-0.2, 0) is 11.3 Å². The van der Waals surface area contributed by atoms with E-state index in [9.17, 15) is 9.59 Å². The van der Waals surface area contributed by atoms with E-state index in [0.29, 0.717) is 21.9 Å². The number of thioether (sulfide) groups is 1. The molecule has 2 aliphatic heterocycles. The summed E-state index contributed by atoms with van der Waals surface area (Å²) in [7, 11) is 0. The van der Waals surface area contributed by atoms with Crippen molar-refractivity contribution < 1.29 is 9.59 Å². The topological polar surface area (TPSA) is 40.6 Å². The fourth-order valence-corrected chi connectivity index (χ4v) is 6.06. The van der Waals surface area contributed by atoms with E-state index in [0.717, 1.165) is 29.3 Å². The lowest BCUT2D eigenvalue weighted by Gasteiger charge is -2.50. The number of benzene rings is 2. The van der Waals surface area contributed by atoms with E-state index in [1.54, 1.807) is 12.1 Å². The maximum absolute atomic E-state index is 13.0. The summed E-state index contributed by atoms with van der Waals surface area (Å²) in [6, 6.07) is 14.0. The van der Waals surface area contributed by atoms with Gasteiger partial charge < -0.3 is 4.90 Å². The van der Waals surface area contributed by atoms with Gasteiger partial charge in [-0.25, -0.2) is 0 Å². The molecule has 0 spiro atoms. The highest BCUT2D eigenvalue weighted by Gasteiger charge is 2.38. The second-order valence-electron chi connectivity index (χ2n) is 9.59. The monoisotopic (exact) mass is 468 g/mol. The molecule has 1 saturated heterocycles. The molecule has 4 nitrogen and oxygen atoms in total. The van der Waals surface area contributed by atoms with Gasteiger partial charge in [0.1, 0.15) is 0 Å². The van der Waals surface area contributed by atoms with Crippen molar-refractivity contribution in [3.8, 4) is 0 Å². The van der Waals surface area contributed by atoms with Gasteiger partial charge in [-0.15, -0.1) is 0 Å². The Morgan fingerprint density at radius 3 is 2.50 bits per heavy atom. The Kier molecular flexibility index (Phi) is 6.17. The van der Waals surface area contributed by atoms with Crippen molar-refractivity contribution in [1.82, 2.24) is 4.90 Å². The molecular weight excluding hydrogens is 440 g/mol. The first-order chi connectivity index (χ1) is 15.1. The molecule has 32 heavy (non-hydrogen) atoms. The van der Waals surface area contributed by atoms with Gasteiger partial charge in [-0.3, -0.25) is 14.5 Å². The largest absolute Gasteiger partial charge is 0.364 e. The summed E-state index contributed by atoms with van der Waals surface area (Å²) in [5.41, 5.74) is 4.48. The predicted octanol–water partition coefficient (Wildman–Crippen LogP) is 7.08. The standard InChI is InChI=1S/C26H29ClN2O2S/c1-16(2)29-22-11-8-19(12-21(22)17(3)14-26(29,4)5)13-23-24(30)28(25(31)32-23)15-18-6-9-20(27)10-7-18/h6-13,16-17H,14-15H2,1-5H3/b23-13-/t17-/m0/s1. The summed E-state index contributed by atoms with van der Waals surface area (Å²) < 4.78 is 0. The van der Waals surface area contributed by atoms with E-state index in [1.165, 1.54) is 16.2 Å². The van der Waals surface area contributed by atoms with Gasteiger partial charge in [0.2, 0.25) is 0 Å². The molecule has 0 saturated carbocycles. The molecule has 2 heterocycles. The highest BCUT2D eigenvalue weighted by molar-refractivity contribution is 8.18. The van der Waals surface area contributed by atoms with Crippen molar-refractivity contribution in [2.75, 3.05) is 4.90 Å². The average Bonchev–Trinajstić information content (AvgIpc) is 2.96. The number of carbonyl (C=O) groups is 2. The van der Waals surface area contributed by atoms with Crippen LogP contribution < -0.4 is 4.90 Å². The third-order valence-electron chi connectivity index (χ3n) is 6.24. The van der Waals surface area contributed by atoms with Crippen LogP contribution in [0.15, 0.2) is 47.4 Å². The highest BCUT2D eigenvalue weighted by Crippen LogP contribution is 2.45. The van der Waals surface area contributed by atoms with Crippen molar-refractivity contribution in [3.63, 3.8) is 0 Å². The van der Waals surface area contributed by atoms with Gasteiger partial charge in [0.15, 0.2) is 0 Å². The van der Waals surface area contributed by atoms with Crippen LogP contribution >= 0.6 is 23.4 Å². The van der Waals surface area contributed by atoms with Gasteiger partial charge in [-0.2, -0.15) is 0 Å². The second-order valence-corrected chi connectivity index (χ2v) is 11.0. The van der Waals surface area contributed by atoms with Gasteiger partial charge in [0, 0.05) is 22.3 Å². The lowest BCUT2D eigenvalue weighted by atomic mass is 9.79. The highest BCUT2D eigenvalue weighted by atomic mass is 35.5. The molecule has 168 valence electrons. The summed E-state index contributed by atoms with van der Waals surface area (Å²) in [6.07, 6.45) is 2.92. The van der Waals surface area contributed by atoms with Gasteiger partial charge in [-0.1, -0.05) is 36.7 Å². The second kappa shape index (κ2) is 8.60. The van der Waals surface area contributed by atoms with Crippen molar-refractivity contribution >= 4 is 46.3 Å². The molecule has 0 N–H and O–H groups in total. The minimum atomic E-state index is -0.245. The van der Waals surface area contributed by atoms with Gasteiger partial charge in [0.25, 0.3) is 11.1 Å². The smallest absolute Gasteiger partial charge is 0.293 e. The molecule has 0 radical (unpaired) electrons. The third-order valence-corrected chi connectivity index (χ3v) is 7.40. The van der Waals surface area contributed by atoms with Gasteiger partial charge in [0.05, 0.1) is 11.4 Å². The molecule has 0 unspecified atom stereocenters. The first kappa shape index (κ1) is 22.9. The summed E-state index contributed by atoms with van der Waals surface area (Å²) in [5.74, 6) is 0.175. The van der Waals surface area contributed by atoms with E-state index in [1.807, 2.05) is 18.2 Å². The Hall–Kier alpha value is -2.24. The summed E-state index contributed by atoms with van der Waals surface area (Å²) in [5, 5.41) is 0.388. The van der Waals surface area contributed by atoms with Crippen LogP contribution in [0, 0.1) is 0 Å². The SMILES string of the molecule is CC(C)N1c2ccc(/C=C3\SC(=O)N(Cc4ccc(Cl)cc4)C3=O)cc2[C@@H](C)CC1(C)C. The fraction of sp³-hybridized carbons (Fsp3) is 0.385. The van der Waals surface area contributed by atoms with Crippen LogP contribution in [0.4, 0.5) is 10.5 Å². The van der Waals surface area contributed by atoms with Crippen molar-refractivity contribution in [2.24, 2.45) is 0 Å². The minimum absolute atomic E-state index is 0.0897. The number of halogens is 1. The maximum Gasteiger partial charge on any atom is 0.293 e. The number of rotatable bonds is 4. The van der Waals surface area contributed by atoms with Crippen LogP contribution in [-0.4, -0.2) is 27.6 Å². The molecule has 2 aromatic rings. The molecule has 2 aliphatic rings. The minimum Gasteiger partial charge on any atom is -0.364 e. The van der Waals surface area contributed by atoms with Crippen LogP contribution in [0.3, 0.4) is 0 Å². The van der Waals surface area contributed by atoms with E-state index in [4.69, 9.17) is 11.6 Å². The predicted molar refractivity (Wildman–Crippen MR) is 134 cm³/mol. The molecular formula is C26H29ClN2O2S. The molecule has 4 rings (SSSR count). The molecule has 1 atom stereocenters. The number of fused-ring (bicyclic) bond motifs is 1. The molecule has 0 bridgehead atoms. The first-order valence-corrected chi connectivity index (χ1v) is 12.2. The zero-order valence-electron chi connectivity index (χ0n) is 19.2. The maximum atomic E-state index is 13.0. The lowest BCUT2D eigenvalue weighted by Crippen LogP contribution is -2.51. The van der Waals surface area contributed by atoms with Crippen molar-refractivity contribution in [3.05, 3.63) is 69.1 Å². The number of carbonyl (C=O) groups excluding carboxylic acids is 2. The molecule has 2 aromatic carbocycles. The molecule has 2 amide bonds. The normalized spacial score (nSPS) is 21.6. The number of nitrogens with zero attached hydrogens (tertiary/aromatic N) is 2. The molecule has 0 aliphatic carbocycles. The Morgan fingerprint density at radius 1 is 1.16 bits per heavy atom. The Labute approximate surface area is 199 Å². The van der Waals surface area contributed by atoms with Crippen LogP contribution in [0.25, 0.3) is 6.08 Å². The van der Waals surface area contributed by atoms with Gasteiger partial charge in [-0.05, 0) is 98.8 Å². The number of imide groups is 1. The lowest BCUT2D eigenvalue weighted by molar-refractivity contribution is -0.123. The average molecular weight is 469 g/mol. The number of hydrogen-bond donors (Lipinski definition) is 0. The van der Waals surface area contributed by atoms with E-state index in [2.05, 4.69) is 57.7 Å². The summed E-state index contributed by atoms with van der Waals surface area (Å²) in [4.78, 5) is 29.7. The number of hydrogen-bond acceptors (Lipinski definition) is 4. The van der Waals surface area contributed by atoms with Crippen LogP contribution in [0.2, 0.25) is 5.02 Å². The van der Waals surface area contributed by atoms with Crippen molar-refractivity contribution in [2.45, 2.75) is 65.1 Å². The quantitative estimate of drug-likeness (QED) is 0.449. The fourth-order valence-electron chi connectivity index (χ4n) is 5.10. The van der Waals surface area contributed by atoms with Crippen molar-refractivity contribution in [1.29, 1.82) is 0 Å². The van der Waals surface area contributed by atoms with Gasteiger partial charge >= 0.3 is 0 Å². The Balaban J connectivity index is 1.61. The zero-order chi connectivity index (χ0) is 23.2. The summed E-state index contributed by atoms with van der Waals surface area (Å²) in [6.45, 7) is 11.6. The zero-order valence-corrected chi connectivity index (χ0v) is 20.8. The van der Waals surface area contributed by atoms with E-state index < -0.39 is 0 Å². The Bertz CT molecular complexity index is 1090. The number of anilines is 1. The molecule has 1 fully saturated rings. The third kappa shape index (κ3) is 4.33. The van der Waals surface area contributed by atoms with Crippen LogP contribution in [0.1, 0.15) is 63.6 Å². The number of amides is 2. The molecule has 6 heteroatoms. The molecule has 0 aromatic heterocycles. The van der Waals surface area contributed by atoms with E-state index >= 15 is 0 Å². The summed E-state index contributed by atoms with van der Waals surface area (Å²) >= 11 is 6.94. The van der Waals surface area contributed by atoms with Crippen LogP contribution in [0.5, 0.6) is 0 Å². The van der Waals surface area contributed by atoms with E-state index in [-0.39, 0.29) is 23.2 Å². The first-order valence-electron chi connectivity index (χ1n) is 11.0.